The van der Waals surface area contributed by atoms with E-state index >= 15 is 0 Å². The zero-order chi connectivity index (χ0) is 16.8. The first-order chi connectivity index (χ1) is 11.8. The van der Waals surface area contributed by atoms with E-state index in [0.29, 0.717) is 37.0 Å². The van der Waals surface area contributed by atoms with Gasteiger partial charge in [-0.15, -0.1) is 0 Å². The molecule has 6 heteroatoms. The molecule has 0 spiro atoms. The number of fused-ring (bicyclic) bond motifs is 1. The van der Waals surface area contributed by atoms with Crippen LogP contribution in [0.15, 0.2) is 47.4 Å². The molecule has 2 aromatic rings. The fourth-order valence-corrected chi connectivity index (χ4v) is 3.50. The summed E-state index contributed by atoms with van der Waals surface area (Å²) in [5, 5.41) is 3.65. The predicted octanol–water partition coefficient (Wildman–Crippen LogP) is 3.18. The molecule has 5 nitrogen and oxygen atoms in total. The second-order valence-corrected chi connectivity index (χ2v) is 6.40. The highest BCUT2D eigenvalue weighted by molar-refractivity contribution is 8.00. The van der Waals surface area contributed by atoms with Gasteiger partial charge in [0.05, 0.1) is 24.5 Å². The number of rotatable bonds is 7. The Hall–Kier alpha value is -2.05. The molecule has 0 amide bonds. The van der Waals surface area contributed by atoms with Gasteiger partial charge in [0.1, 0.15) is 19.0 Å². The average Bonchev–Trinajstić information content (AvgIpc) is 2.64. The zero-order valence-electron chi connectivity index (χ0n) is 13.8. The molecule has 1 unspecified atom stereocenters. The molecule has 1 aliphatic rings. The Kier molecular flexibility index (Phi) is 5.72. The lowest BCUT2D eigenvalue weighted by atomic mass is 10.3. The number of methoxy groups -OCH3 is 2. The van der Waals surface area contributed by atoms with Crippen LogP contribution < -0.4 is 24.3 Å². The summed E-state index contributed by atoms with van der Waals surface area (Å²) in [5.41, 5.74) is 0. The van der Waals surface area contributed by atoms with Crippen LogP contribution >= 0.6 is 11.8 Å². The van der Waals surface area contributed by atoms with E-state index in [1.165, 1.54) is 0 Å². The Bertz CT molecular complexity index is 658. The molecule has 0 radical (unpaired) electrons. The number of para-hydroxylation sites is 2. The topological polar surface area (TPSA) is 49.0 Å². The zero-order valence-corrected chi connectivity index (χ0v) is 14.6. The first-order valence-corrected chi connectivity index (χ1v) is 8.65. The van der Waals surface area contributed by atoms with Crippen LogP contribution in [-0.2, 0) is 0 Å². The van der Waals surface area contributed by atoms with E-state index < -0.39 is 0 Å². The predicted molar refractivity (Wildman–Crippen MR) is 94.6 cm³/mol. The minimum absolute atomic E-state index is 0.211. The molecule has 0 saturated carbocycles. The van der Waals surface area contributed by atoms with Gasteiger partial charge in [0.25, 0.3) is 0 Å². The van der Waals surface area contributed by atoms with E-state index in [1.807, 2.05) is 36.4 Å². The third kappa shape index (κ3) is 3.88. The van der Waals surface area contributed by atoms with Gasteiger partial charge < -0.3 is 18.9 Å². The van der Waals surface area contributed by atoms with Crippen LogP contribution in [0.4, 0.5) is 0 Å². The Morgan fingerprint density at radius 3 is 2.58 bits per heavy atom. The number of hydrogen-bond acceptors (Lipinski definition) is 6. The van der Waals surface area contributed by atoms with E-state index in [9.17, 15) is 0 Å². The molecule has 1 N–H and O–H groups in total. The molecule has 0 aliphatic carbocycles. The fourth-order valence-electron chi connectivity index (χ4n) is 2.45. The van der Waals surface area contributed by atoms with Crippen molar-refractivity contribution >= 4 is 11.8 Å². The third-order valence-corrected chi connectivity index (χ3v) is 4.79. The van der Waals surface area contributed by atoms with Gasteiger partial charge in [0, 0.05) is 6.54 Å². The van der Waals surface area contributed by atoms with Crippen LogP contribution in [-0.4, -0.2) is 39.4 Å². The quantitative estimate of drug-likeness (QED) is 0.777. The molecule has 0 saturated heterocycles. The summed E-state index contributed by atoms with van der Waals surface area (Å²) in [6.07, 6.45) is 0. The maximum Gasteiger partial charge on any atom is 0.203 e. The first kappa shape index (κ1) is 16.8. The molecule has 24 heavy (non-hydrogen) atoms. The van der Waals surface area contributed by atoms with Crippen molar-refractivity contribution in [1.29, 1.82) is 0 Å². The molecule has 1 heterocycles. The van der Waals surface area contributed by atoms with E-state index in [2.05, 4.69) is 11.4 Å². The molecule has 0 bridgehead atoms. The number of thioether (sulfide) groups is 1. The maximum atomic E-state index is 5.85. The van der Waals surface area contributed by atoms with E-state index in [-0.39, 0.29) is 5.37 Å². The van der Waals surface area contributed by atoms with Crippen LogP contribution in [0, 0.1) is 0 Å². The molecule has 3 rings (SSSR count). The normalized spacial score (nSPS) is 16.0. The standard InChI is InChI=1S/C18H21NO4S/c1-20-14-7-5-8-15(21-2)18(14)22-11-10-19-17-12-23-13-6-3-4-9-16(13)24-17/h3-9,17,19H,10-12H2,1-2H3. The van der Waals surface area contributed by atoms with Crippen LogP contribution in [0.5, 0.6) is 23.0 Å². The van der Waals surface area contributed by atoms with Gasteiger partial charge in [-0.1, -0.05) is 30.0 Å². The van der Waals surface area contributed by atoms with Crippen LogP contribution in [0.25, 0.3) is 0 Å². The smallest absolute Gasteiger partial charge is 0.203 e. The maximum absolute atomic E-state index is 5.85. The van der Waals surface area contributed by atoms with Crippen molar-refractivity contribution in [1.82, 2.24) is 5.32 Å². The van der Waals surface area contributed by atoms with E-state index in [4.69, 9.17) is 18.9 Å². The summed E-state index contributed by atoms with van der Waals surface area (Å²) >= 11 is 1.78. The van der Waals surface area contributed by atoms with Crippen molar-refractivity contribution < 1.29 is 18.9 Å². The molecule has 0 aromatic heterocycles. The fraction of sp³-hybridized carbons (Fsp3) is 0.333. The highest BCUT2D eigenvalue weighted by Crippen LogP contribution is 2.37. The summed E-state index contributed by atoms with van der Waals surface area (Å²) in [6, 6.07) is 13.7. The molecule has 128 valence electrons. The molecule has 1 atom stereocenters. The second kappa shape index (κ2) is 8.17. The van der Waals surface area contributed by atoms with Gasteiger partial charge in [0.2, 0.25) is 5.75 Å². The molecule has 1 aliphatic heterocycles. The van der Waals surface area contributed by atoms with Crippen molar-refractivity contribution in [3.8, 4) is 23.0 Å². The monoisotopic (exact) mass is 347 g/mol. The Morgan fingerprint density at radius 2 is 1.83 bits per heavy atom. The van der Waals surface area contributed by atoms with Crippen molar-refractivity contribution in [3.63, 3.8) is 0 Å². The number of hydrogen-bond donors (Lipinski definition) is 1. The van der Waals surface area contributed by atoms with Crippen molar-refractivity contribution in [3.05, 3.63) is 42.5 Å². The lowest BCUT2D eigenvalue weighted by molar-refractivity contribution is 0.256. The lowest BCUT2D eigenvalue weighted by Gasteiger charge is -2.25. The Balaban J connectivity index is 1.50. The van der Waals surface area contributed by atoms with Crippen LogP contribution in [0.3, 0.4) is 0 Å². The second-order valence-electron chi connectivity index (χ2n) is 5.16. The minimum Gasteiger partial charge on any atom is -0.493 e. The highest BCUT2D eigenvalue weighted by Gasteiger charge is 2.19. The average molecular weight is 347 g/mol. The summed E-state index contributed by atoms with van der Waals surface area (Å²) < 4.78 is 22.3. The summed E-state index contributed by atoms with van der Waals surface area (Å²) in [5.74, 6) is 2.91. The Morgan fingerprint density at radius 1 is 1.08 bits per heavy atom. The van der Waals surface area contributed by atoms with Gasteiger partial charge in [-0.3, -0.25) is 5.32 Å². The first-order valence-electron chi connectivity index (χ1n) is 7.77. The van der Waals surface area contributed by atoms with Crippen LogP contribution in [0.2, 0.25) is 0 Å². The van der Waals surface area contributed by atoms with Crippen LogP contribution in [0.1, 0.15) is 0 Å². The summed E-state index contributed by atoms with van der Waals surface area (Å²) in [7, 11) is 3.24. The van der Waals surface area contributed by atoms with E-state index in [0.717, 1.165) is 10.6 Å². The Labute approximate surface area is 146 Å². The largest absolute Gasteiger partial charge is 0.493 e. The summed E-state index contributed by atoms with van der Waals surface area (Å²) in [4.78, 5) is 1.16. The molecule has 0 fully saturated rings. The van der Waals surface area contributed by atoms with Crippen molar-refractivity contribution in [2.75, 3.05) is 34.0 Å². The van der Waals surface area contributed by atoms with Gasteiger partial charge in [0.15, 0.2) is 11.5 Å². The van der Waals surface area contributed by atoms with Gasteiger partial charge in [-0.05, 0) is 24.3 Å². The van der Waals surface area contributed by atoms with Crippen molar-refractivity contribution in [2.45, 2.75) is 10.3 Å². The lowest BCUT2D eigenvalue weighted by Crippen LogP contribution is -2.36. The number of nitrogens with one attached hydrogen (secondary N) is 1. The van der Waals surface area contributed by atoms with E-state index in [1.54, 1.807) is 26.0 Å². The summed E-state index contributed by atoms with van der Waals surface area (Å²) in [6.45, 7) is 1.85. The highest BCUT2D eigenvalue weighted by atomic mass is 32.2. The minimum atomic E-state index is 0.211. The van der Waals surface area contributed by atoms with Gasteiger partial charge in [-0.25, -0.2) is 0 Å². The van der Waals surface area contributed by atoms with Gasteiger partial charge >= 0.3 is 0 Å². The molecular formula is C18H21NO4S. The van der Waals surface area contributed by atoms with Gasteiger partial charge in [-0.2, -0.15) is 0 Å². The SMILES string of the molecule is COc1cccc(OC)c1OCCNC1COc2ccccc2S1. The molecule has 2 aromatic carbocycles. The molecular weight excluding hydrogens is 326 g/mol. The van der Waals surface area contributed by atoms with Crippen molar-refractivity contribution in [2.24, 2.45) is 0 Å². The number of benzene rings is 2. The third-order valence-electron chi connectivity index (χ3n) is 3.61. The number of ether oxygens (including phenoxy) is 4.